The summed E-state index contributed by atoms with van der Waals surface area (Å²) < 4.78 is 0. The number of likely N-dealkylation sites (N-methyl/N-ethyl adjacent to an activating group) is 2. The van der Waals surface area contributed by atoms with Crippen molar-refractivity contribution in [2.75, 3.05) is 25.5 Å². The van der Waals surface area contributed by atoms with Crippen LogP contribution >= 0.6 is 0 Å². The molecule has 102 valence electrons. The predicted molar refractivity (Wildman–Crippen MR) is 77.6 cm³/mol. The first kappa shape index (κ1) is 12.7. The number of anilines is 1. The number of rotatable bonds is 2. The number of carbonyl (C=O) groups is 1. The van der Waals surface area contributed by atoms with Gasteiger partial charge >= 0.3 is 0 Å². The molecule has 0 bridgehead atoms. The predicted octanol–water partition coefficient (Wildman–Crippen LogP) is 2.19. The van der Waals surface area contributed by atoms with E-state index < -0.39 is 0 Å². The summed E-state index contributed by atoms with van der Waals surface area (Å²) in [6.45, 7) is 5.16. The number of hydrogen-bond acceptors (Lipinski definition) is 3. The average Bonchev–Trinajstić information content (AvgIpc) is 2.75. The molecule has 3 rings (SSSR count). The van der Waals surface area contributed by atoms with Crippen molar-refractivity contribution in [3.63, 3.8) is 0 Å². The molecule has 0 spiro atoms. The van der Waals surface area contributed by atoms with E-state index in [0.29, 0.717) is 12.6 Å². The number of fused-ring (bicyclic) bond motifs is 3. The number of nitrogens with zero attached hydrogens (tertiary/aromatic N) is 2. The normalized spacial score (nSPS) is 29.5. The van der Waals surface area contributed by atoms with E-state index in [1.54, 1.807) is 6.92 Å². The van der Waals surface area contributed by atoms with Crippen LogP contribution in [0.25, 0.3) is 0 Å². The Balaban J connectivity index is 2.06. The summed E-state index contributed by atoms with van der Waals surface area (Å²) in [7, 11) is 4.38. The second-order valence-electron chi connectivity index (χ2n) is 6.36. The van der Waals surface area contributed by atoms with Crippen molar-refractivity contribution in [2.45, 2.75) is 38.3 Å². The van der Waals surface area contributed by atoms with Crippen LogP contribution in [-0.2, 0) is 16.6 Å². The molecule has 0 aromatic heterocycles. The molecule has 19 heavy (non-hydrogen) atoms. The Morgan fingerprint density at radius 3 is 2.84 bits per heavy atom. The summed E-state index contributed by atoms with van der Waals surface area (Å²) in [6.07, 6.45) is 2.19. The highest BCUT2D eigenvalue weighted by Crippen LogP contribution is 2.50. The number of carbonyl (C=O) groups excluding carboxylic acids is 1. The van der Waals surface area contributed by atoms with E-state index in [-0.39, 0.29) is 11.2 Å². The third kappa shape index (κ3) is 1.71. The molecule has 3 heteroatoms. The van der Waals surface area contributed by atoms with Crippen molar-refractivity contribution < 1.29 is 4.79 Å². The second kappa shape index (κ2) is 4.07. The van der Waals surface area contributed by atoms with E-state index in [2.05, 4.69) is 49.0 Å². The summed E-state index contributed by atoms with van der Waals surface area (Å²) in [5, 5.41) is 0. The lowest BCUT2D eigenvalue weighted by atomic mass is 9.80. The Bertz CT molecular complexity index is 540. The number of hydrogen-bond donors (Lipinski definition) is 0. The van der Waals surface area contributed by atoms with Crippen LogP contribution in [0, 0.1) is 0 Å². The summed E-state index contributed by atoms with van der Waals surface area (Å²) in [6, 6.07) is 6.54. The molecule has 1 fully saturated rings. The van der Waals surface area contributed by atoms with Crippen molar-refractivity contribution in [3.8, 4) is 0 Å². The Morgan fingerprint density at radius 1 is 1.42 bits per heavy atom. The van der Waals surface area contributed by atoms with E-state index in [1.165, 1.54) is 17.7 Å². The summed E-state index contributed by atoms with van der Waals surface area (Å²) in [4.78, 5) is 16.1. The molecule has 1 aromatic rings. The standard InChI is InChI=1S/C16H22N2O/c1-11(19)9-12-5-6-14-13(10-12)16(2)7-8-17(3)15(16)18(14)4/h5-6,10,15H,7-9H2,1-4H3. The van der Waals surface area contributed by atoms with Gasteiger partial charge in [-0.3, -0.25) is 9.69 Å². The van der Waals surface area contributed by atoms with Gasteiger partial charge in [0.1, 0.15) is 5.78 Å². The molecule has 1 saturated heterocycles. The molecular weight excluding hydrogens is 236 g/mol. The number of ketones is 1. The largest absolute Gasteiger partial charge is 0.358 e. The zero-order chi connectivity index (χ0) is 13.8. The van der Waals surface area contributed by atoms with Crippen molar-refractivity contribution in [1.29, 1.82) is 0 Å². The minimum atomic E-state index is 0.200. The smallest absolute Gasteiger partial charge is 0.134 e. The first-order valence-electron chi connectivity index (χ1n) is 6.99. The molecule has 0 amide bonds. The van der Waals surface area contributed by atoms with E-state index in [1.807, 2.05) is 0 Å². The molecule has 2 aliphatic rings. The highest BCUT2D eigenvalue weighted by Gasteiger charge is 2.52. The van der Waals surface area contributed by atoms with Crippen LogP contribution in [0.3, 0.4) is 0 Å². The zero-order valence-electron chi connectivity index (χ0n) is 12.2. The second-order valence-corrected chi connectivity index (χ2v) is 6.36. The van der Waals surface area contributed by atoms with Gasteiger partial charge in [0.15, 0.2) is 0 Å². The number of likely N-dealkylation sites (tertiary alicyclic amines) is 1. The molecule has 2 heterocycles. The highest BCUT2D eigenvalue weighted by molar-refractivity contribution is 5.79. The first-order chi connectivity index (χ1) is 8.93. The van der Waals surface area contributed by atoms with Crippen LogP contribution in [0.15, 0.2) is 18.2 Å². The maximum atomic E-state index is 11.3. The molecule has 0 aliphatic carbocycles. The van der Waals surface area contributed by atoms with Crippen molar-refractivity contribution >= 4 is 11.5 Å². The number of Topliss-reactive ketones (excluding diaryl/α,β-unsaturated/α-hetero) is 1. The quantitative estimate of drug-likeness (QED) is 0.812. The Labute approximate surface area is 115 Å². The van der Waals surface area contributed by atoms with Gasteiger partial charge in [-0.25, -0.2) is 0 Å². The molecule has 2 aliphatic heterocycles. The first-order valence-corrected chi connectivity index (χ1v) is 6.99. The third-order valence-electron chi connectivity index (χ3n) is 4.85. The SMILES string of the molecule is CC(=O)Cc1ccc2c(c1)C1(C)CCN(C)C1N2C. The van der Waals surface area contributed by atoms with Gasteiger partial charge in [-0.2, -0.15) is 0 Å². The minimum Gasteiger partial charge on any atom is -0.358 e. The summed E-state index contributed by atoms with van der Waals surface area (Å²) in [5.41, 5.74) is 4.09. The molecule has 0 saturated carbocycles. The van der Waals surface area contributed by atoms with Crippen LogP contribution < -0.4 is 4.90 Å². The highest BCUT2D eigenvalue weighted by atomic mass is 16.1. The Hall–Kier alpha value is -1.35. The molecule has 2 atom stereocenters. The lowest BCUT2D eigenvalue weighted by Crippen LogP contribution is -2.45. The van der Waals surface area contributed by atoms with E-state index >= 15 is 0 Å². The van der Waals surface area contributed by atoms with Gasteiger partial charge in [0.25, 0.3) is 0 Å². The van der Waals surface area contributed by atoms with E-state index in [9.17, 15) is 4.79 Å². The molecular formula is C16H22N2O. The van der Waals surface area contributed by atoms with Gasteiger partial charge in [-0.05, 0) is 37.6 Å². The summed E-state index contributed by atoms with van der Waals surface area (Å²) >= 11 is 0. The molecule has 0 radical (unpaired) electrons. The van der Waals surface area contributed by atoms with Gasteiger partial charge in [-0.1, -0.05) is 19.1 Å². The lowest BCUT2D eigenvalue weighted by Gasteiger charge is -2.32. The molecule has 1 aromatic carbocycles. The van der Waals surface area contributed by atoms with Gasteiger partial charge in [-0.15, -0.1) is 0 Å². The van der Waals surface area contributed by atoms with E-state index in [4.69, 9.17) is 0 Å². The zero-order valence-corrected chi connectivity index (χ0v) is 12.2. The van der Waals surface area contributed by atoms with Crippen molar-refractivity contribution in [3.05, 3.63) is 29.3 Å². The Kier molecular flexibility index (Phi) is 2.72. The Morgan fingerprint density at radius 2 is 2.16 bits per heavy atom. The minimum absolute atomic E-state index is 0.200. The summed E-state index contributed by atoms with van der Waals surface area (Å²) in [5.74, 6) is 0.233. The van der Waals surface area contributed by atoms with Gasteiger partial charge in [0.05, 0.1) is 6.17 Å². The third-order valence-corrected chi connectivity index (χ3v) is 4.85. The van der Waals surface area contributed by atoms with Crippen LogP contribution in [-0.4, -0.2) is 37.5 Å². The van der Waals surface area contributed by atoms with E-state index in [0.717, 1.165) is 12.1 Å². The fourth-order valence-corrected chi connectivity index (χ4v) is 4.02. The molecule has 3 nitrogen and oxygen atoms in total. The maximum absolute atomic E-state index is 11.3. The van der Waals surface area contributed by atoms with Gasteiger partial charge in [0, 0.05) is 31.1 Å². The average molecular weight is 258 g/mol. The molecule has 0 N–H and O–H groups in total. The maximum Gasteiger partial charge on any atom is 0.134 e. The topological polar surface area (TPSA) is 23.6 Å². The van der Waals surface area contributed by atoms with Crippen LogP contribution in [0.2, 0.25) is 0 Å². The molecule has 2 unspecified atom stereocenters. The van der Waals surface area contributed by atoms with Crippen LogP contribution in [0.5, 0.6) is 0 Å². The number of benzene rings is 1. The van der Waals surface area contributed by atoms with Crippen molar-refractivity contribution in [1.82, 2.24) is 4.90 Å². The van der Waals surface area contributed by atoms with Gasteiger partial charge < -0.3 is 4.90 Å². The fourth-order valence-electron chi connectivity index (χ4n) is 4.02. The van der Waals surface area contributed by atoms with Crippen LogP contribution in [0.1, 0.15) is 31.4 Å². The van der Waals surface area contributed by atoms with Gasteiger partial charge in [0.2, 0.25) is 0 Å². The lowest BCUT2D eigenvalue weighted by molar-refractivity contribution is -0.116. The van der Waals surface area contributed by atoms with Crippen LogP contribution in [0.4, 0.5) is 5.69 Å². The van der Waals surface area contributed by atoms with Crippen molar-refractivity contribution in [2.24, 2.45) is 0 Å². The monoisotopic (exact) mass is 258 g/mol. The fraction of sp³-hybridized carbons (Fsp3) is 0.562.